The summed E-state index contributed by atoms with van der Waals surface area (Å²) in [6.07, 6.45) is 1.47. The summed E-state index contributed by atoms with van der Waals surface area (Å²) in [6.45, 7) is 2.97. The summed E-state index contributed by atoms with van der Waals surface area (Å²) >= 11 is 1.50. The number of ether oxygens (including phenoxy) is 1. The van der Waals surface area contributed by atoms with E-state index >= 15 is 0 Å². The number of carbonyl (C=O) groups is 1. The summed E-state index contributed by atoms with van der Waals surface area (Å²) in [5, 5.41) is 5.65. The van der Waals surface area contributed by atoms with Crippen molar-refractivity contribution in [1.82, 2.24) is 4.90 Å². The molecule has 0 spiro atoms. The minimum Gasteiger partial charge on any atom is -0.490 e. The highest BCUT2D eigenvalue weighted by Gasteiger charge is 2.24. The first-order valence-corrected chi connectivity index (χ1v) is 8.36. The molecule has 7 heteroatoms. The van der Waals surface area contributed by atoms with Crippen molar-refractivity contribution in [2.24, 2.45) is 0 Å². The molecule has 3 rings (SSSR count). The van der Waals surface area contributed by atoms with Crippen LogP contribution in [0.15, 0.2) is 38.9 Å². The predicted octanol–water partition coefficient (Wildman–Crippen LogP) is 3.09. The van der Waals surface area contributed by atoms with Crippen molar-refractivity contribution in [2.75, 3.05) is 18.4 Å². The minimum absolute atomic E-state index is 0.00184. The van der Waals surface area contributed by atoms with Gasteiger partial charge in [0.25, 0.3) is 0 Å². The van der Waals surface area contributed by atoms with E-state index in [0.717, 1.165) is 17.8 Å². The second-order valence-corrected chi connectivity index (χ2v) is 6.38. The number of anilines is 1. The lowest BCUT2D eigenvalue weighted by atomic mass is 10.1. The first-order chi connectivity index (χ1) is 11.1. The lowest BCUT2D eigenvalue weighted by Gasteiger charge is -2.32. The highest BCUT2D eigenvalue weighted by molar-refractivity contribution is 7.14. The predicted molar refractivity (Wildman–Crippen MR) is 88.3 cm³/mol. The van der Waals surface area contributed by atoms with Crippen molar-refractivity contribution in [3.63, 3.8) is 0 Å². The Bertz CT molecular complexity index is 718. The third kappa shape index (κ3) is 4.13. The van der Waals surface area contributed by atoms with Crippen LogP contribution < -0.4 is 15.7 Å². The molecule has 0 atom stereocenters. The summed E-state index contributed by atoms with van der Waals surface area (Å²) in [5.74, 6) is 1.06. The summed E-state index contributed by atoms with van der Waals surface area (Å²) in [6, 6.07) is 6.75. The molecule has 0 unspecified atom stereocenters. The fourth-order valence-corrected chi connectivity index (χ4v) is 3.15. The Morgan fingerprint density at radius 3 is 2.83 bits per heavy atom. The van der Waals surface area contributed by atoms with E-state index in [1.54, 1.807) is 17.9 Å². The van der Waals surface area contributed by atoms with Crippen LogP contribution in [0.25, 0.3) is 0 Å². The van der Waals surface area contributed by atoms with E-state index in [9.17, 15) is 9.59 Å². The number of carbonyl (C=O) groups excluding carboxylic acids is 1. The second kappa shape index (κ2) is 6.87. The van der Waals surface area contributed by atoms with Crippen LogP contribution in [-0.4, -0.2) is 30.1 Å². The van der Waals surface area contributed by atoms with E-state index in [1.165, 1.54) is 17.4 Å². The van der Waals surface area contributed by atoms with E-state index < -0.39 is 5.63 Å². The van der Waals surface area contributed by atoms with Gasteiger partial charge in [0, 0.05) is 32.0 Å². The smallest absolute Gasteiger partial charge is 0.339 e. The van der Waals surface area contributed by atoms with E-state index in [4.69, 9.17) is 9.15 Å². The normalized spacial score (nSPS) is 15.4. The van der Waals surface area contributed by atoms with Gasteiger partial charge in [-0.3, -0.25) is 5.32 Å². The van der Waals surface area contributed by atoms with Gasteiger partial charge in [0.15, 0.2) is 0 Å². The fraction of sp³-hybridized carbons (Fsp3) is 0.375. The van der Waals surface area contributed by atoms with E-state index in [2.05, 4.69) is 5.32 Å². The van der Waals surface area contributed by atoms with Crippen molar-refractivity contribution in [3.8, 4) is 5.75 Å². The number of aryl methyl sites for hydroxylation is 1. The maximum absolute atomic E-state index is 12.1. The Morgan fingerprint density at radius 1 is 1.39 bits per heavy atom. The van der Waals surface area contributed by atoms with E-state index in [0.29, 0.717) is 24.6 Å². The number of hydrogen-bond acceptors (Lipinski definition) is 5. The van der Waals surface area contributed by atoms with Crippen molar-refractivity contribution in [1.29, 1.82) is 0 Å². The quantitative estimate of drug-likeness (QED) is 0.936. The Kier molecular flexibility index (Phi) is 4.66. The summed E-state index contributed by atoms with van der Waals surface area (Å²) < 4.78 is 10.7. The lowest BCUT2D eigenvalue weighted by molar-refractivity contribution is 0.115. The molecule has 1 saturated heterocycles. The van der Waals surface area contributed by atoms with Crippen molar-refractivity contribution in [3.05, 3.63) is 45.8 Å². The first kappa shape index (κ1) is 15.6. The molecule has 0 aliphatic carbocycles. The van der Waals surface area contributed by atoms with Crippen LogP contribution in [0.5, 0.6) is 5.75 Å². The van der Waals surface area contributed by atoms with Gasteiger partial charge >= 0.3 is 11.7 Å². The van der Waals surface area contributed by atoms with Gasteiger partial charge in [-0.05, 0) is 24.4 Å². The number of hydrogen-bond donors (Lipinski definition) is 1. The van der Waals surface area contributed by atoms with Crippen molar-refractivity contribution >= 4 is 22.4 Å². The minimum atomic E-state index is -0.409. The average Bonchev–Trinajstić information content (AvgIpc) is 3.00. The monoisotopic (exact) mass is 334 g/mol. The molecule has 0 radical (unpaired) electrons. The molecule has 2 aromatic rings. The van der Waals surface area contributed by atoms with Crippen LogP contribution in [0.1, 0.15) is 18.6 Å². The number of nitrogens with zero attached hydrogens (tertiary/aromatic N) is 1. The Labute approximate surface area is 137 Å². The molecule has 6 nitrogen and oxygen atoms in total. The molecule has 1 fully saturated rings. The van der Waals surface area contributed by atoms with Crippen LogP contribution in [0.3, 0.4) is 0 Å². The zero-order chi connectivity index (χ0) is 16.2. The molecule has 0 saturated carbocycles. The van der Waals surface area contributed by atoms with Crippen LogP contribution in [0, 0.1) is 6.92 Å². The zero-order valence-corrected chi connectivity index (χ0v) is 13.6. The van der Waals surface area contributed by atoms with Gasteiger partial charge < -0.3 is 14.1 Å². The van der Waals surface area contributed by atoms with Gasteiger partial charge in [-0.1, -0.05) is 0 Å². The number of nitrogens with one attached hydrogen (secondary N) is 1. The first-order valence-electron chi connectivity index (χ1n) is 7.48. The number of piperidine rings is 1. The molecular weight excluding hydrogens is 316 g/mol. The standard InChI is InChI=1S/C16H18N2O4S/c1-11-9-13(10-15(19)21-11)22-12-4-6-18(7-5-12)16(20)17-14-3-2-8-23-14/h2-3,8-10,12H,4-7H2,1H3,(H,17,20). The van der Waals surface area contributed by atoms with E-state index in [1.807, 2.05) is 17.5 Å². The molecule has 0 bridgehead atoms. The molecular formula is C16H18N2O4S. The number of urea groups is 1. The molecule has 2 amide bonds. The topological polar surface area (TPSA) is 71.8 Å². The third-order valence-electron chi connectivity index (χ3n) is 3.65. The van der Waals surface area contributed by atoms with Gasteiger partial charge in [-0.15, -0.1) is 11.3 Å². The number of likely N-dealkylation sites (tertiary alicyclic amines) is 1. The second-order valence-electron chi connectivity index (χ2n) is 5.43. The molecule has 1 N–H and O–H groups in total. The van der Waals surface area contributed by atoms with Crippen molar-refractivity contribution in [2.45, 2.75) is 25.9 Å². The van der Waals surface area contributed by atoms with Gasteiger partial charge in [0.1, 0.15) is 17.6 Å². The van der Waals surface area contributed by atoms with Crippen LogP contribution in [-0.2, 0) is 0 Å². The average molecular weight is 334 g/mol. The summed E-state index contributed by atoms with van der Waals surface area (Å²) in [5.41, 5.74) is -0.409. The summed E-state index contributed by atoms with van der Waals surface area (Å²) in [4.78, 5) is 25.3. The number of amides is 2. The van der Waals surface area contributed by atoms with Gasteiger partial charge in [-0.25, -0.2) is 9.59 Å². The Hall–Kier alpha value is -2.28. The molecule has 2 aromatic heterocycles. The van der Waals surface area contributed by atoms with E-state index in [-0.39, 0.29) is 12.1 Å². The Balaban J connectivity index is 1.52. The zero-order valence-electron chi connectivity index (χ0n) is 12.8. The maximum Gasteiger partial charge on any atom is 0.339 e. The van der Waals surface area contributed by atoms with Crippen LogP contribution in [0.2, 0.25) is 0 Å². The molecule has 3 heterocycles. The Morgan fingerprint density at radius 2 is 2.17 bits per heavy atom. The number of rotatable bonds is 3. The maximum atomic E-state index is 12.1. The largest absolute Gasteiger partial charge is 0.490 e. The van der Waals surface area contributed by atoms with Gasteiger partial charge in [-0.2, -0.15) is 0 Å². The summed E-state index contributed by atoms with van der Waals surface area (Å²) in [7, 11) is 0. The van der Waals surface area contributed by atoms with Crippen LogP contribution in [0.4, 0.5) is 9.80 Å². The van der Waals surface area contributed by atoms with Gasteiger partial charge in [0.2, 0.25) is 0 Å². The van der Waals surface area contributed by atoms with Crippen molar-refractivity contribution < 1.29 is 13.9 Å². The highest BCUT2D eigenvalue weighted by Crippen LogP contribution is 2.20. The molecule has 1 aliphatic rings. The molecule has 1 aliphatic heterocycles. The lowest BCUT2D eigenvalue weighted by Crippen LogP contribution is -2.43. The highest BCUT2D eigenvalue weighted by atomic mass is 32.1. The fourth-order valence-electron chi connectivity index (χ4n) is 2.55. The molecule has 0 aromatic carbocycles. The number of thiophene rings is 1. The third-order valence-corrected chi connectivity index (χ3v) is 4.44. The SMILES string of the molecule is Cc1cc(OC2CCN(C(=O)Nc3cccs3)CC2)cc(=O)o1. The molecule has 122 valence electrons. The molecule has 23 heavy (non-hydrogen) atoms. The van der Waals surface area contributed by atoms with Crippen LogP contribution >= 0.6 is 11.3 Å². The van der Waals surface area contributed by atoms with Gasteiger partial charge in [0.05, 0.1) is 11.1 Å².